The molecule has 3 heteroatoms. The molecule has 0 fully saturated rings. The molecule has 0 bridgehead atoms. The van der Waals surface area contributed by atoms with Crippen LogP contribution in [0.5, 0.6) is 0 Å². The maximum absolute atomic E-state index is 10.4. The Hall–Kier alpha value is -0.830. The van der Waals surface area contributed by atoms with Gasteiger partial charge < -0.3 is 5.11 Å². The van der Waals surface area contributed by atoms with Gasteiger partial charge in [-0.1, -0.05) is 41.9 Å². The third-order valence-corrected chi connectivity index (χ3v) is 3.77. The minimum absolute atomic E-state index is 0.592. The van der Waals surface area contributed by atoms with E-state index in [2.05, 4.69) is 0 Å². The van der Waals surface area contributed by atoms with E-state index < -0.39 is 5.60 Å². The van der Waals surface area contributed by atoms with Crippen LogP contribution in [0.4, 0.5) is 0 Å². The van der Waals surface area contributed by atoms with E-state index in [1.54, 1.807) is 0 Å². The summed E-state index contributed by atoms with van der Waals surface area (Å²) in [5.41, 5.74) is 0.0923. The normalized spacial score (nSPS) is 14.7. The molecule has 0 aliphatic carbocycles. The van der Waals surface area contributed by atoms with Crippen LogP contribution in [-0.2, 0) is 12.0 Å². The van der Waals surface area contributed by atoms with Gasteiger partial charge in [-0.25, -0.2) is 0 Å². The summed E-state index contributed by atoms with van der Waals surface area (Å²) in [6, 6.07) is 13.5. The first kappa shape index (κ1) is 11.6. The van der Waals surface area contributed by atoms with Crippen molar-refractivity contribution in [2.24, 2.45) is 0 Å². The lowest BCUT2D eigenvalue weighted by Gasteiger charge is -2.23. The number of hydrogen-bond donors (Lipinski definition) is 1. The Labute approximate surface area is 104 Å². The van der Waals surface area contributed by atoms with Crippen molar-refractivity contribution in [3.63, 3.8) is 0 Å². The fraction of sp³-hybridized carbons (Fsp3) is 0.231. The Kier molecular flexibility index (Phi) is 3.33. The highest BCUT2D eigenvalue weighted by Gasteiger charge is 2.23. The fourth-order valence-electron chi connectivity index (χ4n) is 1.69. The van der Waals surface area contributed by atoms with Crippen molar-refractivity contribution in [3.05, 3.63) is 57.2 Å². The van der Waals surface area contributed by atoms with Gasteiger partial charge in [0, 0.05) is 11.3 Å². The van der Waals surface area contributed by atoms with E-state index in [9.17, 15) is 5.11 Å². The average molecular weight is 253 g/mol. The van der Waals surface area contributed by atoms with Crippen LogP contribution in [0.1, 0.15) is 17.4 Å². The highest BCUT2D eigenvalue weighted by molar-refractivity contribution is 7.16. The summed E-state index contributed by atoms with van der Waals surface area (Å²) in [6.07, 6.45) is 0.592. The molecule has 1 atom stereocenters. The molecule has 1 nitrogen and oxygen atoms in total. The summed E-state index contributed by atoms with van der Waals surface area (Å²) in [5.74, 6) is 0. The summed E-state index contributed by atoms with van der Waals surface area (Å²) < 4.78 is 0.763. The molecule has 1 heterocycles. The summed E-state index contributed by atoms with van der Waals surface area (Å²) in [7, 11) is 0. The number of hydrogen-bond acceptors (Lipinski definition) is 2. The Morgan fingerprint density at radius 3 is 2.44 bits per heavy atom. The molecule has 1 N–H and O–H groups in total. The van der Waals surface area contributed by atoms with Gasteiger partial charge in [0.05, 0.1) is 9.94 Å². The first-order valence-electron chi connectivity index (χ1n) is 5.10. The topological polar surface area (TPSA) is 20.2 Å². The van der Waals surface area contributed by atoms with Gasteiger partial charge in [-0.2, -0.15) is 0 Å². The van der Waals surface area contributed by atoms with Crippen molar-refractivity contribution in [1.29, 1.82) is 0 Å². The van der Waals surface area contributed by atoms with E-state index in [1.807, 2.05) is 49.4 Å². The highest BCUT2D eigenvalue weighted by Crippen LogP contribution is 2.30. The molecular weight excluding hydrogens is 240 g/mol. The van der Waals surface area contributed by atoms with Gasteiger partial charge in [-0.3, -0.25) is 0 Å². The Balaban J connectivity index is 2.20. The molecule has 16 heavy (non-hydrogen) atoms. The van der Waals surface area contributed by atoms with E-state index in [0.717, 1.165) is 14.8 Å². The zero-order valence-electron chi connectivity index (χ0n) is 8.98. The minimum Gasteiger partial charge on any atom is -0.385 e. The van der Waals surface area contributed by atoms with Gasteiger partial charge in [0.2, 0.25) is 0 Å². The number of aliphatic hydroxyl groups is 1. The van der Waals surface area contributed by atoms with Gasteiger partial charge >= 0.3 is 0 Å². The van der Waals surface area contributed by atoms with Crippen LogP contribution in [0.3, 0.4) is 0 Å². The second-order valence-electron chi connectivity index (χ2n) is 4.02. The predicted molar refractivity (Wildman–Crippen MR) is 69.0 cm³/mol. The van der Waals surface area contributed by atoms with Crippen molar-refractivity contribution in [3.8, 4) is 0 Å². The predicted octanol–water partition coefficient (Wildman–Crippen LogP) is 3.85. The summed E-state index contributed by atoms with van der Waals surface area (Å²) >= 11 is 7.39. The Morgan fingerprint density at radius 1 is 1.19 bits per heavy atom. The largest absolute Gasteiger partial charge is 0.385 e. The highest BCUT2D eigenvalue weighted by atomic mass is 35.5. The molecule has 84 valence electrons. The van der Waals surface area contributed by atoms with Gasteiger partial charge in [0.15, 0.2) is 0 Å². The number of rotatable bonds is 3. The van der Waals surface area contributed by atoms with Crippen LogP contribution in [0.2, 0.25) is 4.34 Å². The zero-order valence-corrected chi connectivity index (χ0v) is 10.6. The Bertz CT molecular complexity index is 462. The first-order valence-corrected chi connectivity index (χ1v) is 6.29. The van der Waals surface area contributed by atoms with Gasteiger partial charge in [-0.15, -0.1) is 11.3 Å². The molecule has 0 saturated carbocycles. The van der Waals surface area contributed by atoms with Crippen LogP contribution in [-0.4, -0.2) is 5.11 Å². The summed E-state index contributed by atoms with van der Waals surface area (Å²) in [4.78, 5) is 1.10. The van der Waals surface area contributed by atoms with Crippen molar-refractivity contribution >= 4 is 22.9 Å². The fourth-order valence-corrected chi connectivity index (χ4v) is 2.92. The number of benzene rings is 1. The van der Waals surface area contributed by atoms with Crippen LogP contribution in [0, 0.1) is 0 Å². The second kappa shape index (κ2) is 4.58. The third-order valence-electron chi connectivity index (χ3n) is 2.54. The van der Waals surface area contributed by atoms with Crippen LogP contribution >= 0.6 is 22.9 Å². The van der Waals surface area contributed by atoms with Gasteiger partial charge in [0.25, 0.3) is 0 Å². The van der Waals surface area contributed by atoms with Gasteiger partial charge in [0.1, 0.15) is 0 Å². The molecular formula is C13H13ClOS. The molecule has 0 radical (unpaired) electrons. The maximum Gasteiger partial charge on any atom is 0.0931 e. The summed E-state index contributed by atoms with van der Waals surface area (Å²) in [6.45, 7) is 1.83. The number of halogens is 1. The van der Waals surface area contributed by atoms with Crippen molar-refractivity contribution in [2.75, 3.05) is 0 Å². The molecule has 2 rings (SSSR count). The molecule has 0 spiro atoms. The van der Waals surface area contributed by atoms with E-state index in [0.29, 0.717) is 6.42 Å². The monoisotopic (exact) mass is 252 g/mol. The standard InChI is InChI=1S/C13H13ClOS/c1-13(15,10-5-3-2-4-6-10)9-11-7-8-12(14)16-11/h2-8,15H,9H2,1H3. The van der Waals surface area contributed by atoms with E-state index in [1.165, 1.54) is 11.3 Å². The second-order valence-corrected chi connectivity index (χ2v) is 5.82. The molecule has 1 unspecified atom stereocenters. The molecule has 0 saturated heterocycles. The molecule has 0 aliphatic rings. The lowest BCUT2D eigenvalue weighted by molar-refractivity contribution is 0.0585. The SMILES string of the molecule is CC(O)(Cc1ccc(Cl)s1)c1ccccc1. The van der Waals surface area contributed by atoms with Crippen LogP contribution < -0.4 is 0 Å². The molecule has 2 aromatic rings. The lowest BCUT2D eigenvalue weighted by atomic mass is 9.92. The van der Waals surface area contributed by atoms with Crippen LogP contribution in [0.25, 0.3) is 0 Å². The quantitative estimate of drug-likeness (QED) is 0.880. The Morgan fingerprint density at radius 2 is 1.88 bits per heavy atom. The lowest BCUT2D eigenvalue weighted by Crippen LogP contribution is -2.23. The maximum atomic E-state index is 10.4. The van der Waals surface area contributed by atoms with E-state index in [4.69, 9.17) is 11.6 Å². The summed E-state index contributed by atoms with van der Waals surface area (Å²) in [5, 5.41) is 10.4. The molecule has 1 aromatic heterocycles. The van der Waals surface area contributed by atoms with Gasteiger partial charge in [-0.05, 0) is 24.6 Å². The zero-order chi connectivity index (χ0) is 11.6. The average Bonchev–Trinajstić information content (AvgIpc) is 2.64. The first-order chi connectivity index (χ1) is 7.58. The third kappa shape index (κ3) is 2.64. The number of thiophene rings is 1. The van der Waals surface area contributed by atoms with Crippen molar-refractivity contribution in [1.82, 2.24) is 0 Å². The van der Waals surface area contributed by atoms with E-state index >= 15 is 0 Å². The van der Waals surface area contributed by atoms with Crippen LogP contribution in [0.15, 0.2) is 42.5 Å². The van der Waals surface area contributed by atoms with Crippen molar-refractivity contribution < 1.29 is 5.11 Å². The molecule has 0 aliphatic heterocycles. The van der Waals surface area contributed by atoms with E-state index in [-0.39, 0.29) is 0 Å². The smallest absolute Gasteiger partial charge is 0.0931 e. The molecule has 1 aromatic carbocycles. The minimum atomic E-state index is -0.838. The van der Waals surface area contributed by atoms with Crippen molar-refractivity contribution in [2.45, 2.75) is 18.9 Å². The molecule has 0 amide bonds.